The van der Waals surface area contributed by atoms with Crippen LogP contribution in [-0.4, -0.2) is 12.1 Å². The van der Waals surface area contributed by atoms with Crippen molar-refractivity contribution in [2.24, 2.45) is 0 Å². The van der Waals surface area contributed by atoms with Gasteiger partial charge in [-0.2, -0.15) is 0 Å². The van der Waals surface area contributed by atoms with Crippen molar-refractivity contribution >= 4 is 5.97 Å². The van der Waals surface area contributed by atoms with Crippen molar-refractivity contribution < 1.29 is 9.53 Å². The molecule has 0 aromatic heterocycles. The number of hydrogen-bond acceptors (Lipinski definition) is 3. The van der Waals surface area contributed by atoms with Gasteiger partial charge in [-0.15, -0.1) is 0 Å². The molecule has 122 valence electrons. The van der Waals surface area contributed by atoms with E-state index in [0.717, 1.165) is 6.42 Å². The van der Waals surface area contributed by atoms with Crippen molar-refractivity contribution in [2.75, 3.05) is 0 Å². The number of carbonyl (C=O) groups excluding carboxylic acids is 1. The zero-order chi connectivity index (χ0) is 14.3. The highest BCUT2D eigenvalue weighted by atomic mass is 16.5. The predicted octanol–water partition coefficient (Wildman–Crippen LogP) is 5.80. The zero-order valence-corrected chi connectivity index (χ0v) is 14.1. The van der Waals surface area contributed by atoms with E-state index < -0.39 is 0 Å². The maximum atomic E-state index is 11.3. The molecular weight excluding hydrogens is 250 g/mol. The average Bonchev–Trinajstić information content (AvgIpc) is 2.35. The van der Waals surface area contributed by atoms with E-state index in [0.29, 0.717) is 6.42 Å². The van der Waals surface area contributed by atoms with E-state index in [1.807, 2.05) is 13.8 Å². The van der Waals surface area contributed by atoms with Crippen molar-refractivity contribution in [1.29, 1.82) is 0 Å². The van der Waals surface area contributed by atoms with E-state index in [-0.39, 0.29) is 18.2 Å². The van der Waals surface area contributed by atoms with Gasteiger partial charge in [0.05, 0.1) is 6.10 Å². The van der Waals surface area contributed by atoms with Crippen molar-refractivity contribution in [2.45, 2.75) is 104 Å². The minimum Gasteiger partial charge on any atom is -0.463 e. The highest BCUT2D eigenvalue weighted by Crippen LogP contribution is 2.12. The van der Waals surface area contributed by atoms with E-state index in [2.05, 4.69) is 6.92 Å². The van der Waals surface area contributed by atoms with Crippen LogP contribution in [0.1, 0.15) is 97.8 Å². The molecular formula is C17H37NO2. The third kappa shape index (κ3) is 17.4. The van der Waals surface area contributed by atoms with Crippen LogP contribution in [0.4, 0.5) is 0 Å². The monoisotopic (exact) mass is 287 g/mol. The molecule has 0 aromatic carbocycles. The molecule has 0 fully saturated rings. The Kier molecular flexibility index (Phi) is 17.9. The maximum Gasteiger partial charge on any atom is 0.306 e. The standard InChI is InChI=1S/C17H34O2.H3N/c1-4-5-6-7-8-9-10-11-12-13-14-15-17(18)19-16(2)3;/h16H,4-15H2,1-3H3;1H3. The molecule has 0 aliphatic rings. The fourth-order valence-corrected chi connectivity index (χ4v) is 2.26. The summed E-state index contributed by atoms with van der Waals surface area (Å²) in [6.07, 6.45) is 15.1. The first-order valence-electron chi connectivity index (χ1n) is 8.36. The maximum absolute atomic E-state index is 11.3. The Labute approximate surface area is 126 Å². The van der Waals surface area contributed by atoms with Crippen LogP contribution in [0, 0.1) is 0 Å². The van der Waals surface area contributed by atoms with Crippen molar-refractivity contribution in [3.63, 3.8) is 0 Å². The minimum atomic E-state index is -0.0362. The summed E-state index contributed by atoms with van der Waals surface area (Å²) in [5, 5.41) is 0. The number of ether oxygens (including phenoxy) is 1. The van der Waals surface area contributed by atoms with Gasteiger partial charge >= 0.3 is 5.97 Å². The Morgan fingerprint density at radius 2 is 1.20 bits per heavy atom. The Balaban J connectivity index is 0. The second-order valence-corrected chi connectivity index (χ2v) is 5.82. The van der Waals surface area contributed by atoms with E-state index in [1.165, 1.54) is 64.2 Å². The van der Waals surface area contributed by atoms with Crippen molar-refractivity contribution in [3.8, 4) is 0 Å². The molecule has 0 aliphatic carbocycles. The van der Waals surface area contributed by atoms with Crippen LogP contribution in [-0.2, 0) is 9.53 Å². The summed E-state index contributed by atoms with van der Waals surface area (Å²) < 4.78 is 5.10. The Hall–Kier alpha value is -0.570. The van der Waals surface area contributed by atoms with Gasteiger partial charge in [-0.05, 0) is 20.3 Å². The molecule has 0 aliphatic heterocycles. The second-order valence-electron chi connectivity index (χ2n) is 5.82. The SMILES string of the molecule is CCCCCCCCCCCCCC(=O)OC(C)C.N. The molecule has 0 radical (unpaired) electrons. The van der Waals surface area contributed by atoms with E-state index in [4.69, 9.17) is 4.74 Å². The van der Waals surface area contributed by atoms with Gasteiger partial charge in [-0.3, -0.25) is 4.79 Å². The van der Waals surface area contributed by atoms with E-state index in [9.17, 15) is 4.79 Å². The summed E-state index contributed by atoms with van der Waals surface area (Å²) in [5.74, 6) is -0.0362. The fourth-order valence-electron chi connectivity index (χ4n) is 2.26. The number of carbonyl (C=O) groups is 1. The summed E-state index contributed by atoms with van der Waals surface area (Å²) in [6.45, 7) is 6.06. The molecule has 0 rings (SSSR count). The molecule has 0 atom stereocenters. The number of esters is 1. The summed E-state index contributed by atoms with van der Waals surface area (Å²) in [6, 6.07) is 0. The molecule has 0 saturated heterocycles. The number of unbranched alkanes of at least 4 members (excludes halogenated alkanes) is 10. The van der Waals surface area contributed by atoms with Gasteiger partial charge in [0.15, 0.2) is 0 Å². The first-order valence-corrected chi connectivity index (χ1v) is 8.36. The predicted molar refractivity (Wildman–Crippen MR) is 87.3 cm³/mol. The number of rotatable bonds is 13. The first-order chi connectivity index (χ1) is 9.16. The lowest BCUT2D eigenvalue weighted by atomic mass is 10.1. The van der Waals surface area contributed by atoms with Crippen LogP contribution in [0.2, 0.25) is 0 Å². The van der Waals surface area contributed by atoms with E-state index >= 15 is 0 Å². The topological polar surface area (TPSA) is 61.3 Å². The molecule has 3 heteroatoms. The van der Waals surface area contributed by atoms with Crippen LogP contribution in [0.5, 0.6) is 0 Å². The van der Waals surface area contributed by atoms with Crippen molar-refractivity contribution in [3.05, 3.63) is 0 Å². The summed E-state index contributed by atoms with van der Waals surface area (Å²) in [5.41, 5.74) is 0. The lowest BCUT2D eigenvalue weighted by molar-refractivity contribution is -0.147. The van der Waals surface area contributed by atoms with E-state index in [1.54, 1.807) is 0 Å². The van der Waals surface area contributed by atoms with Gasteiger partial charge in [-0.25, -0.2) is 0 Å². The third-order valence-electron chi connectivity index (χ3n) is 3.35. The molecule has 0 unspecified atom stereocenters. The van der Waals surface area contributed by atoms with Gasteiger partial charge in [0.1, 0.15) is 0 Å². The fraction of sp³-hybridized carbons (Fsp3) is 0.941. The highest BCUT2D eigenvalue weighted by Gasteiger charge is 2.04. The van der Waals surface area contributed by atoms with Gasteiger partial charge in [-0.1, -0.05) is 71.1 Å². The van der Waals surface area contributed by atoms with Gasteiger partial charge in [0.2, 0.25) is 0 Å². The van der Waals surface area contributed by atoms with Gasteiger partial charge in [0, 0.05) is 6.42 Å². The molecule has 3 nitrogen and oxygen atoms in total. The summed E-state index contributed by atoms with van der Waals surface area (Å²) in [7, 11) is 0. The van der Waals surface area contributed by atoms with Gasteiger partial charge in [0.25, 0.3) is 0 Å². The smallest absolute Gasteiger partial charge is 0.306 e. The Morgan fingerprint density at radius 1 is 0.800 bits per heavy atom. The van der Waals surface area contributed by atoms with Crippen molar-refractivity contribution in [1.82, 2.24) is 6.15 Å². The Bertz CT molecular complexity index is 205. The zero-order valence-electron chi connectivity index (χ0n) is 14.1. The van der Waals surface area contributed by atoms with Crippen LogP contribution in [0.25, 0.3) is 0 Å². The van der Waals surface area contributed by atoms with Crippen LogP contribution >= 0.6 is 0 Å². The molecule has 0 saturated carbocycles. The van der Waals surface area contributed by atoms with Gasteiger partial charge < -0.3 is 10.9 Å². The first kappa shape index (κ1) is 21.7. The highest BCUT2D eigenvalue weighted by molar-refractivity contribution is 5.69. The number of hydrogen-bond donors (Lipinski definition) is 1. The average molecular weight is 287 g/mol. The third-order valence-corrected chi connectivity index (χ3v) is 3.35. The quantitative estimate of drug-likeness (QED) is 0.344. The van der Waals surface area contributed by atoms with Crippen LogP contribution in [0.15, 0.2) is 0 Å². The molecule has 0 aromatic rings. The molecule has 3 N–H and O–H groups in total. The second kappa shape index (κ2) is 16.5. The molecule has 0 amide bonds. The largest absolute Gasteiger partial charge is 0.463 e. The molecule has 0 heterocycles. The molecule has 0 bridgehead atoms. The minimum absolute atomic E-state index is 0. The van der Waals surface area contributed by atoms with Crippen LogP contribution in [0.3, 0.4) is 0 Å². The lowest BCUT2D eigenvalue weighted by Gasteiger charge is -2.07. The summed E-state index contributed by atoms with van der Waals surface area (Å²) >= 11 is 0. The Morgan fingerprint density at radius 3 is 1.60 bits per heavy atom. The van der Waals surface area contributed by atoms with Crippen LogP contribution < -0.4 is 6.15 Å². The molecule has 0 spiro atoms. The molecule has 20 heavy (non-hydrogen) atoms. The summed E-state index contributed by atoms with van der Waals surface area (Å²) in [4.78, 5) is 11.3. The lowest BCUT2D eigenvalue weighted by Crippen LogP contribution is -2.10. The normalized spacial score (nSPS) is 10.4.